The van der Waals surface area contributed by atoms with Crippen LogP contribution in [-0.2, 0) is 19.7 Å². The predicted octanol–water partition coefficient (Wildman–Crippen LogP) is 5.02. The highest BCUT2D eigenvalue weighted by Crippen LogP contribution is 2.42. The summed E-state index contributed by atoms with van der Waals surface area (Å²) < 4.78 is 48.2. The number of fused-ring (bicyclic) bond motifs is 3. The van der Waals surface area contributed by atoms with Gasteiger partial charge >= 0.3 is 0 Å². The Balaban J connectivity index is 0.000000145. The zero-order valence-corrected chi connectivity index (χ0v) is 17.5. The van der Waals surface area contributed by atoms with Crippen LogP contribution in [-0.4, -0.2) is 16.8 Å². The molecule has 1 aliphatic heterocycles. The van der Waals surface area contributed by atoms with E-state index in [-0.39, 0.29) is 0 Å². The molecule has 30 heavy (non-hydrogen) atoms. The maximum atomic E-state index is 12.1. The van der Waals surface area contributed by atoms with E-state index in [1.807, 2.05) is 24.3 Å². The summed E-state index contributed by atoms with van der Waals surface area (Å²) >= 11 is 0. The first-order valence-corrected chi connectivity index (χ1v) is 12.2. The number of rotatable bonds is 2. The minimum absolute atomic E-state index is 0.330. The standard InChI is InChI=1S/C12H8O2S.C12H10O2S/c13-15(14)11-7-3-1-5-9(11)10-6-2-4-8-12(10)15;13-15(14,11-7-3-1-4-8-11)12-9-5-2-6-10-12/h1-8H;1-10H. The number of sulfone groups is 2. The monoisotopic (exact) mass is 434 g/mol. The topological polar surface area (TPSA) is 68.3 Å². The molecule has 1 aliphatic rings. The molecule has 6 heteroatoms. The predicted molar refractivity (Wildman–Crippen MR) is 116 cm³/mol. The Bertz CT molecular complexity index is 1290. The molecule has 4 nitrogen and oxygen atoms in total. The maximum Gasteiger partial charge on any atom is 0.207 e. The van der Waals surface area contributed by atoms with Gasteiger partial charge < -0.3 is 0 Å². The Morgan fingerprint density at radius 3 is 1.20 bits per heavy atom. The smallest absolute Gasteiger partial charge is 0.207 e. The summed E-state index contributed by atoms with van der Waals surface area (Å²) in [5, 5.41) is 0. The second kappa shape index (κ2) is 7.89. The summed E-state index contributed by atoms with van der Waals surface area (Å²) in [5.74, 6) is 0. The molecule has 0 radical (unpaired) electrons. The Kier molecular flexibility index (Phi) is 5.28. The lowest BCUT2D eigenvalue weighted by molar-refractivity contribution is 0.595. The minimum atomic E-state index is -3.34. The molecule has 0 saturated heterocycles. The molecule has 150 valence electrons. The Labute approximate surface area is 176 Å². The van der Waals surface area contributed by atoms with Crippen molar-refractivity contribution in [3.8, 4) is 11.1 Å². The minimum Gasteiger partial charge on any atom is -0.219 e. The van der Waals surface area contributed by atoms with Gasteiger partial charge in [0.2, 0.25) is 19.7 Å². The molecule has 4 aromatic rings. The van der Waals surface area contributed by atoms with E-state index in [9.17, 15) is 16.8 Å². The van der Waals surface area contributed by atoms with Gasteiger partial charge in [0.25, 0.3) is 0 Å². The number of benzene rings is 4. The second-order valence-electron chi connectivity index (χ2n) is 6.63. The molecule has 1 heterocycles. The van der Waals surface area contributed by atoms with Crippen molar-refractivity contribution in [2.75, 3.05) is 0 Å². The molecule has 0 spiro atoms. The van der Waals surface area contributed by atoms with Crippen LogP contribution in [0.4, 0.5) is 0 Å². The van der Waals surface area contributed by atoms with E-state index in [0.29, 0.717) is 19.6 Å². The van der Waals surface area contributed by atoms with Crippen LogP contribution in [0.25, 0.3) is 11.1 Å². The molecule has 0 saturated carbocycles. The molecule has 4 aromatic carbocycles. The van der Waals surface area contributed by atoms with E-state index < -0.39 is 19.7 Å². The van der Waals surface area contributed by atoms with Gasteiger partial charge in [0.15, 0.2) is 0 Å². The zero-order valence-electron chi connectivity index (χ0n) is 15.8. The molecule has 0 fully saturated rings. The first-order valence-electron chi connectivity index (χ1n) is 9.21. The Hall–Kier alpha value is -3.22. The summed E-state index contributed by atoms with van der Waals surface area (Å²) in [5.41, 5.74) is 1.63. The molecule has 0 amide bonds. The third kappa shape index (κ3) is 3.56. The van der Waals surface area contributed by atoms with E-state index in [1.54, 1.807) is 84.9 Å². The molecule has 0 N–H and O–H groups in total. The van der Waals surface area contributed by atoms with Crippen LogP contribution in [0.5, 0.6) is 0 Å². The van der Waals surface area contributed by atoms with Gasteiger partial charge in [-0.05, 0) is 36.4 Å². The van der Waals surface area contributed by atoms with E-state index in [2.05, 4.69) is 0 Å². The first kappa shape index (κ1) is 20.1. The van der Waals surface area contributed by atoms with E-state index in [1.165, 1.54) is 0 Å². The summed E-state index contributed by atoms with van der Waals surface area (Å²) in [7, 11) is -6.60. The second-order valence-corrected chi connectivity index (χ2v) is 10.5. The highest BCUT2D eigenvalue weighted by Gasteiger charge is 2.31. The maximum absolute atomic E-state index is 12.1. The highest BCUT2D eigenvalue weighted by molar-refractivity contribution is 7.92. The largest absolute Gasteiger partial charge is 0.219 e. The van der Waals surface area contributed by atoms with E-state index >= 15 is 0 Å². The van der Waals surface area contributed by atoms with Crippen LogP contribution >= 0.6 is 0 Å². The molecule has 5 rings (SSSR count). The molecule has 0 aromatic heterocycles. The molecular formula is C24H18O4S2. The van der Waals surface area contributed by atoms with Crippen molar-refractivity contribution in [2.45, 2.75) is 19.6 Å². The fourth-order valence-corrected chi connectivity index (χ4v) is 6.29. The summed E-state index contributed by atoms with van der Waals surface area (Å²) in [6.45, 7) is 0. The van der Waals surface area contributed by atoms with Gasteiger partial charge in [-0.3, -0.25) is 0 Å². The zero-order chi connectivity index (χ0) is 21.2. The van der Waals surface area contributed by atoms with E-state index in [4.69, 9.17) is 0 Å². The quantitative estimate of drug-likeness (QED) is 0.391. The fourth-order valence-electron chi connectivity index (χ4n) is 3.30. The van der Waals surface area contributed by atoms with Gasteiger partial charge in [-0.1, -0.05) is 72.8 Å². The molecule has 0 bridgehead atoms. The van der Waals surface area contributed by atoms with Crippen molar-refractivity contribution in [3.05, 3.63) is 109 Å². The molecule has 0 atom stereocenters. The van der Waals surface area contributed by atoms with Crippen LogP contribution in [0, 0.1) is 0 Å². The third-order valence-electron chi connectivity index (χ3n) is 4.75. The van der Waals surface area contributed by atoms with Gasteiger partial charge in [0, 0.05) is 11.1 Å². The van der Waals surface area contributed by atoms with Crippen LogP contribution in [0.15, 0.2) is 129 Å². The van der Waals surface area contributed by atoms with Crippen LogP contribution in [0.2, 0.25) is 0 Å². The highest BCUT2D eigenvalue weighted by atomic mass is 32.2. The fraction of sp³-hybridized carbons (Fsp3) is 0. The Morgan fingerprint density at radius 2 is 0.800 bits per heavy atom. The lowest BCUT2D eigenvalue weighted by Gasteiger charge is -2.03. The average Bonchev–Trinajstić information content (AvgIpc) is 3.03. The van der Waals surface area contributed by atoms with Crippen molar-refractivity contribution in [1.82, 2.24) is 0 Å². The summed E-state index contributed by atoms with van der Waals surface area (Å²) in [4.78, 5) is 1.50. The van der Waals surface area contributed by atoms with Gasteiger partial charge in [-0.2, -0.15) is 0 Å². The normalized spacial score (nSPS) is 13.5. The van der Waals surface area contributed by atoms with Crippen LogP contribution in [0.1, 0.15) is 0 Å². The molecule has 0 unspecified atom stereocenters. The van der Waals surface area contributed by atoms with Gasteiger partial charge in [-0.25, -0.2) is 16.8 Å². The van der Waals surface area contributed by atoms with Gasteiger partial charge in [0.05, 0.1) is 19.6 Å². The van der Waals surface area contributed by atoms with Crippen LogP contribution < -0.4 is 0 Å². The summed E-state index contributed by atoms with van der Waals surface area (Å²) in [6.07, 6.45) is 0. The van der Waals surface area contributed by atoms with Crippen molar-refractivity contribution in [1.29, 1.82) is 0 Å². The van der Waals surface area contributed by atoms with E-state index in [0.717, 1.165) is 11.1 Å². The average molecular weight is 435 g/mol. The van der Waals surface area contributed by atoms with Gasteiger partial charge in [-0.15, -0.1) is 0 Å². The summed E-state index contributed by atoms with van der Waals surface area (Å²) in [6, 6.07) is 31.1. The van der Waals surface area contributed by atoms with Crippen molar-refractivity contribution >= 4 is 19.7 Å². The SMILES string of the molecule is O=S(=O)(c1ccccc1)c1ccccc1.O=S1(=O)c2ccccc2-c2ccccc21. The number of hydrogen-bond donors (Lipinski definition) is 0. The number of hydrogen-bond acceptors (Lipinski definition) is 4. The first-order chi connectivity index (χ1) is 14.4. The van der Waals surface area contributed by atoms with Crippen molar-refractivity contribution in [3.63, 3.8) is 0 Å². The molecular weight excluding hydrogens is 416 g/mol. The third-order valence-corrected chi connectivity index (χ3v) is 8.41. The van der Waals surface area contributed by atoms with Crippen molar-refractivity contribution in [2.24, 2.45) is 0 Å². The lowest BCUT2D eigenvalue weighted by atomic mass is 10.1. The van der Waals surface area contributed by atoms with Crippen LogP contribution in [0.3, 0.4) is 0 Å². The Morgan fingerprint density at radius 1 is 0.467 bits per heavy atom. The lowest BCUT2D eigenvalue weighted by Crippen LogP contribution is -2.00. The van der Waals surface area contributed by atoms with Gasteiger partial charge in [0.1, 0.15) is 0 Å². The molecule has 0 aliphatic carbocycles. The van der Waals surface area contributed by atoms with Crippen molar-refractivity contribution < 1.29 is 16.8 Å².